The summed E-state index contributed by atoms with van der Waals surface area (Å²) in [6.45, 7) is 3.83. The minimum absolute atomic E-state index is 0.0229. The molecule has 0 radical (unpaired) electrons. The molecule has 2 heterocycles. The Labute approximate surface area is 200 Å². The highest BCUT2D eigenvalue weighted by atomic mass is 16.5. The van der Waals surface area contributed by atoms with Crippen LogP contribution in [-0.2, 0) is 4.74 Å². The van der Waals surface area contributed by atoms with Crippen molar-refractivity contribution in [3.63, 3.8) is 0 Å². The molecule has 0 fully saturated rings. The molecule has 4 rings (SSSR count). The zero-order valence-corrected chi connectivity index (χ0v) is 19.9. The van der Waals surface area contributed by atoms with Gasteiger partial charge in [-0.2, -0.15) is 0 Å². The fraction of sp³-hybridized carbons (Fsp3) is 0.357. The van der Waals surface area contributed by atoms with Crippen molar-refractivity contribution in [1.29, 1.82) is 0 Å². The Kier molecular flexibility index (Phi) is 7.80. The van der Waals surface area contributed by atoms with Gasteiger partial charge < -0.3 is 18.9 Å². The average molecular weight is 461 g/mol. The zero-order chi connectivity index (χ0) is 23.9. The average Bonchev–Trinajstić information content (AvgIpc) is 2.87. The van der Waals surface area contributed by atoms with Gasteiger partial charge in [-0.05, 0) is 17.5 Å². The second-order valence-electron chi connectivity index (χ2n) is 8.58. The molecule has 0 saturated carbocycles. The summed E-state index contributed by atoms with van der Waals surface area (Å²) in [4.78, 5) is 28.2. The molecule has 1 amide bonds. The van der Waals surface area contributed by atoms with Gasteiger partial charge in [-0.1, -0.05) is 74.0 Å². The van der Waals surface area contributed by atoms with Crippen molar-refractivity contribution in [2.45, 2.75) is 31.7 Å². The van der Waals surface area contributed by atoms with Crippen LogP contribution in [0.1, 0.15) is 53.3 Å². The highest BCUT2D eigenvalue weighted by Gasteiger charge is 2.38. The maximum atomic E-state index is 13.6. The molecule has 0 aliphatic carbocycles. The predicted octanol–water partition coefficient (Wildman–Crippen LogP) is 4.50. The lowest BCUT2D eigenvalue weighted by atomic mass is 9.83. The molecule has 0 bridgehead atoms. The Bertz CT molecular complexity index is 1100. The van der Waals surface area contributed by atoms with Crippen molar-refractivity contribution in [2.24, 2.45) is 0 Å². The van der Waals surface area contributed by atoms with E-state index in [-0.39, 0.29) is 29.0 Å². The Hall–Kier alpha value is -3.38. The summed E-state index contributed by atoms with van der Waals surface area (Å²) in [5, 5.41) is 0. The van der Waals surface area contributed by atoms with E-state index in [4.69, 9.17) is 9.47 Å². The van der Waals surface area contributed by atoms with Crippen molar-refractivity contribution in [2.75, 3.05) is 33.4 Å². The fourth-order valence-electron chi connectivity index (χ4n) is 4.64. The van der Waals surface area contributed by atoms with E-state index in [1.807, 2.05) is 41.0 Å². The van der Waals surface area contributed by atoms with Gasteiger partial charge in [0.1, 0.15) is 0 Å². The first-order chi connectivity index (χ1) is 16.7. The molecule has 1 atom stereocenters. The van der Waals surface area contributed by atoms with E-state index in [0.717, 1.165) is 24.0 Å². The molecule has 0 saturated heterocycles. The molecule has 3 aromatic rings. The monoisotopic (exact) mass is 460 g/mol. The Morgan fingerprint density at radius 3 is 2.18 bits per heavy atom. The van der Waals surface area contributed by atoms with E-state index in [1.165, 1.54) is 6.07 Å². The van der Waals surface area contributed by atoms with Crippen molar-refractivity contribution in [1.82, 2.24) is 9.47 Å². The largest absolute Gasteiger partial charge is 0.487 e. The number of amides is 1. The molecular weight excluding hydrogens is 428 g/mol. The third kappa shape index (κ3) is 4.92. The quantitative estimate of drug-likeness (QED) is 0.418. The van der Waals surface area contributed by atoms with Crippen LogP contribution in [0.4, 0.5) is 0 Å². The number of pyridine rings is 1. The number of methoxy groups -OCH3 is 1. The van der Waals surface area contributed by atoms with Crippen LogP contribution in [0.25, 0.3) is 0 Å². The van der Waals surface area contributed by atoms with Crippen molar-refractivity contribution in [3.05, 3.63) is 100.0 Å². The standard InChI is InChI=1S/C28H32N2O4/c1-3-4-18-34-27-24(31)15-16-30-23(20-29(17-19-33-2)28(32)26(27)30)25(21-11-7-5-8-12-21)22-13-9-6-10-14-22/h5-16,23,25H,3-4,17-20H2,1-2H3/t23-/m1/s1. The number of hydrogen-bond donors (Lipinski definition) is 0. The Morgan fingerprint density at radius 2 is 1.59 bits per heavy atom. The van der Waals surface area contributed by atoms with Gasteiger partial charge in [-0.25, -0.2) is 0 Å². The summed E-state index contributed by atoms with van der Waals surface area (Å²) in [6.07, 6.45) is 3.51. The molecule has 0 unspecified atom stereocenters. The van der Waals surface area contributed by atoms with Gasteiger partial charge in [-0.3, -0.25) is 9.59 Å². The summed E-state index contributed by atoms with van der Waals surface area (Å²) in [5.74, 6) is -0.0735. The van der Waals surface area contributed by atoms with E-state index >= 15 is 0 Å². The molecule has 34 heavy (non-hydrogen) atoms. The first-order valence-electron chi connectivity index (χ1n) is 11.9. The molecule has 1 aliphatic heterocycles. The van der Waals surface area contributed by atoms with Crippen LogP contribution in [0, 0.1) is 0 Å². The third-order valence-corrected chi connectivity index (χ3v) is 6.35. The number of nitrogens with zero attached hydrogens (tertiary/aromatic N) is 2. The SMILES string of the molecule is CCCCOc1c2n(ccc1=O)[C@@H](C(c1ccccc1)c1ccccc1)CN(CCOC)C2=O. The molecule has 6 heteroatoms. The number of carbonyl (C=O) groups is 1. The van der Waals surface area contributed by atoms with E-state index in [0.29, 0.717) is 32.0 Å². The van der Waals surface area contributed by atoms with Crippen LogP contribution in [0.15, 0.2) is 77.7 Å². The van der Waals surface area contributed by atoms with E-state index in [1.54, 1.807) is 18.2 Å². The van der Waals surface area contributed by atoms with Gasteiger partial charge in [0.2, 0.25) is 5.43 Å². The minimum Gasteiger partial charge on any atom is -0.487 e. The maximum Gasteiger partial charge on any atom is 0.274 e. The van der Waals surface area contributed by atoms with Crippen LogP contribution < -0.4 is 10.2 Å². The van der Waals surface area contributed by atoms with Gasteiger partial charge >= 0.3 is 0 Å². The zero-order valence-electron chi connectivity index (χ0n) is 19.9. The second kappa shape index (κ2) is 11.2. The van der Waals surface area contributed by atoms with E-state index in [2.05, 4.69) is 31.2 Å². The number of aromatic nitrogens is 1. The number of unbranched alkanes of at least 4 members (excludes halogenated alkanes) is 1. The predicted molar refractivity (Wildman–Crippen MR) is 133 cm³/mol. The topological polar surface area (TPSA) is 60.8 Å². The van der Waals surface area contributed by atoms with Gasteiger partial charge in [0.15, 0.2) is 11.4 Å². The van der Waals surface area contributed by atoms with Gasteiger partial charge in [0.25, 0.3) is 5.91 Å². The van der Waals surface area contributed by atoms with Gasteiger partial charge in [-0.15, -0.1) is 0 Å². The Balaban J connectivity index is 1.88. The first kappa shape index (κ1) is 23.8. The second-order valence-corrected chi connectivity index (χ2v) is 8.58. The van der Waals surface area contributed by atoms with Gasteiger partial charge in [0.05, 0.1) is 19.3 Å². The third-order valence-electron chi connectivity index (χ3n) is 6.35. The lowest BCUT2D eigenvalue weighted by Gasteiger charge is -2.40. The van der Waals surface area contributed by atoms with Crippen LogP contribution in [0.2, 0.25) is 0 Å². The van der Waals surface area contributed by atoms with Crippen LogP contribution in [-0.4, -0.2) is 48.8 Å². The molecular formula is C28H32N2O4. The van der Waals surface area contributed by atoms with Crippen molar-refractivity contribution in [3.8, 4) is 5.75 Å². The molecule has 178 valence electrons. The van der Waals surface area contributed by atoms with Crippen LogP contribution >= 0.6 is 0 Å². The lowest BCUT2D eigenvalue weighted by Crippen LogP contribution is -2.47. The number of benzene rings is 2. The number of carbonyl (C=O) groups excluding carboxylic acids is 1. The number of hydrogen-bond acceptors (Lipinski definition) is 4. The van der Waals surface area contributed by atoms with Crippen molar-refractivity contribution < 1.29 is 14.3 Å². The molecule has 1 aromatic heterocycles. The summed E-state index contributed by atoms with van der Waals surface area (Å²) in [6, 6.07) is 22.0. The first-order valence-corrected chi connectivity index (χ1v) is 11.9. The van der Waals surface area contributed by atoms with Crippen LogP contribution in [0.3, 0.4) is 0 Å². The highest BCUT2D eigenvalue weighted by molar-refractivity contribution is 5.96. The van der Waals surface area contributed by atoms with E-state index in [9.17, 15) is 9.59 Å². The molecule has 6 nitrogen and oxygen atoms in total. The highest BCUT2D eigenvalue weighted by Crippen LogP contribution is 2.39. The molecule has 0 spiro atoms. The fourth-order valence-corrected chi connectivity index (χ4v) is 4.64. The minimum atomic E-state index is -0.265. The van der Waals surface area contributed by atoms with E-state index < -0.39 is 0 Å². The summed E-state index contributed by atoms with van der Waals surface area (Å²) < 4.78 is 13.2. The summed E-state index contributed by atoms with van der Waals surface area (Å²) in [5.41, 5.74) is 2.36. The summed E-state index contributed by atoms with van der Waals surface area (Å²) in [7, 11) is 1.63. The maximum absolute atomic E-state index is 13.6. The molecule has 1 aliphatic rings. The number of fused-ring (bicyclic) bond motifs is 1. The van der Waals surface area contributed by atoms with Gasteiger partial charge in [0, 0.05) is 38.4 Å². The lowest BCUT2D eigenvalue weighted by molar-refractivity contribution is 0.0580. The Morgan fingerprint density at radius 1 is 0.941 bits per heavy atom. The van der Waals surface area contributed by atoms with Crippen LogP contribution in [0.5, 0.6) is 5.75 Å². The normalized spacial score (nSPS) is 15.4. The smallest absolute Gasteiger partial charge is 0.274 e. The molecule has 0 N–H and O–H groups in total. The van der Waals surface area contributed by atoms with Crippen molar-refractivity contribution >= 4 is 5.91 Å². The molecule has 2 aromatic carbocycles. The number of ether oxygens (including phenoxy) is 2. The summed E-state index contributed by atoms with van der Waals surface area (Å²) >= 11 is 0. The number of rotatable bonds is 10.